The Balaban J connectivity index is 2.67. The fourth-order valence-electron chi connectivity index (χ4n) is 0.871. The molecule has 0 saturated heterocycles. The van der Waals surface area contributed by atoms with Gasteiger partial charge >= 0.3 is 0 Å². The van der Waals surface area contributed by atoms with Gasteiger partial charge in [-0.25, -0.2) is 18.1 Å². The van der Waals surface area contributed by atoms with E-state index in [4.69, 9.17) is 11.6 Å². The Bertz CT molecular complexity index is 348. The minimum Gasteiger partial charge on any atom is -0.347 e. The highest BCUT2D eigenvalue weighted by Gasteiger charge is 2.15. The second kappa shape index (κ2) is 4.08. The second-order valence-corrected chi connectivity index (χ2v) is 4.88. The van der Waals surface area contributed by atoms with Gasteiger partial charge in [0.1, 0.15) is 11.0 Å². The zero-order valence-corrected chi connectivity index (χ0v) is 8.56. The van der Waals surface area contributed by atoms with Gasteiger partial charge in [0.2, 0.25) is 10.0 Å². The summed E-state index contributed by atoms with van der Waals surface area (Å²) >= 11 is 5.22. The molecule has 0 aliphatic carbocycles. The maximum absolute atomic E-state index is 11.0. The normalized spacial score (nSPS) is 14.3. The zero-order valence-electron chi connectivity index (χ0n) is 6.99. The first-order chi connectivity index (χ1) is 6.05. The van der Waals surface area contributed by atoms with Gasteiger partial charge in [-0.2, -0.15) is 0 Å². The lowest BCUT2D eigenvalue weighted by Crippen LogP contribution is -2.28. The molecule has 1 atom stereocenters. The smallest absolute Gasteiger partial charge is 0.226 e. The van der Waals surface area contributed by atoms with Crippen molar-refractivity contribution >= 4 is 21.6 Å². The van der Waals surface area contributed by atoms with E-state index in [2.05, 4.69) is 14.7 Å². The highest BCUT2D eigenvalue weighted by molar-refractivity contribution is 7.90. The van der Waals surface area contributed by atoms with Crippen LogP contribution in [-0.2, 0) is 10.0 Å². The standard InChI is InChI=1S/C6H10ClN3O2S/c1-5(6-8-2-3-9-6)10-13(11,12)4-7/h2-3,5,10H,4H2,1H3,(H,8,9). The highest BCUT2D eigenvalue weighted by Crippen LogP contribution is 2.07. The number of H-pyrrole nitrogens is 1. The predicted molar refractivity (Wildman–Crippen MR) is 49.8 cm³/mol. The molecule has 0 fully saturated rings. The van der Waals surface area contributed by atoms with Gasteiger partial charge in [-0.1, -0.05) is 0 Å². The third-order valence-electron chi connectivity index (χ3n) is 1.43. The predicted octanol–water partition coefficient (Wildman–Crippen LogP) is 0.586. The molecule has 0 saturated carbocycles. The molecule has 1 rings (SSSR count). The fraction of sp³-hybridized carbons (Fsp3) is 0.500. The maximum Gasteiger partial charge on any atom is 0.226 e. The number of hydrogen-bond donors (Lipinski definition) is 2. The molecule has 0 aliphatic heterocycles. The maximum atomic E-state index is 11.0. The Morgan fingerprint density at radius 3 is 2.92 bits per heavy atom. The molecule has 1 aromatic heterocycles. The molecule has 0 bridgehead atoms. The SMILES string of the molecule is CC(NS(=O)(=O)CCl)c1ncc[nH]1. The lowest BCUT2D eigenvalue weighted by Gasteiger charge is -2.09. The van der Waals surface area contributed by atoms with Crippen molar-refractivity contribution in [1.29, 1.82) is 0 Å². The first-order valence-corrected chi connectivity index (χ1v) is 5.79. The molecule has 0 aliphatic rings. The number of aromatic amines is 1. The number of halogens is 1. The Labute approximate surface area is 81.6 Å². The number of nitrogens with one attached hydrogen (secondary N) is 2. The third kappa shape index (κ3) is 2.98. The van der Waals surface area contributed by atoms with Gasteiger partial charge in [0.25, 0.3) is 0 Å². The van der Waals surface area contributed by atoms with Crippen molar-refractivity contribution in [3.8, 4) is 0 Å². The van der Waals surface area contributed by atoms with E-state index >= 15 is 0 Å². The highest BCUT2D eigenvalue weighted by atomic mass is 35.5. The van der Waals surface area contributed by atoms with Gasteiger partial charge in [0, 0.05) is 12.4 Å². The first kappa shape index (κ1) is 10.5. The third-order valence-corrected chi connectivity index (χ3v) is 3.29. The van der Waals surface area contributed by atoms with Crippen LogP contribution >= 0.6 is 11.6 Å². The summed E-state index contributed by atoms with van der Waals surface area (Å²) in [5.74, 6) is 0.564. The van der Waals surface area contributed by atoms with Crippen molar-refractivity contribution in [2.24, 2.45) is 0 Å². The van der Waals surface area contributed by atoms with Gasteiger partial charge in [-0.15, -0.1) is 11.6 Å². The summed E-state index contributed by atoms with van der Waals surface area (Å²) in [6.07, 6.45) is 3.18. The van der Waals surface area contributed by atoms with Crippen LogP contribution < -0.4 is 4.72 Å². The molecule has 5 nitrogen and oxygen atoms in total. The summed E-state index contributed by atoms with van der Waals surface area (Å²) in [7, 11) is -3.39. The molecule has 7 heteroatoms. The molecule has 13 heavy (non-hydrogen) atoms. The summed E-state index contributed by atoms with van der Waals surface area (Å²) < 4.78 is 24.4. The lowest BCUT2D eigenvalue weighted by atomic mass is 10.3. The Morgan fingerprint density at radius 1 is 1.77 bits per heavy atom. The molecular weight excluding hydrogens is 214 g/mol. The molecule has 0 amide bonds. The summed E-state index contributed by atoms with van der Waals surface area (Å²) in [4.78, 5) is 6.71. The van der Waals surface area contributed by atoms with Crippen molar-refractivity contribution < 1.29 is 8.42 Å². The molecule has 1 unspecified atom stereocenters. The van der Waals surface area contributed by atoms with Crippen molar-refractivity contribution in [2.45, 2.75) is 13.0 Å². The monoisotopic (exact) mass is 223 g/mol. The van der Waals surface area contributed by atoms with Crippen LogP contribution in [0.25, 0.3) is 0 Å². The zero-order chi connectivity index (χ0) is 9.90. The minimum absolute atomic E-state index is 0.390. The molecule has 2 N–H and O–H groups in total. The van der Waals surface area contributed by atoms with Crippen LogP contribution in [-0.4, -0.2) is 23.6 Å². The van der Waals surface area contributed by atoms with Crippen LogP contribution in [0.5, 0.6) is 0 Å². The van der Waals surface area contributed by atoms with E-state index in [1.807, 2.05) is 0 Å². The van der Waals surface area contributed by atoms with Crippen LogP contribution in [0.15, 0.2) is 12.4 Å². The average molecular weight is 224 g/mol. The number of rotatable bonds is 4. The van der Waals surface area contributed by atoms with E-state index in [0.29, 0.717) is 5.82 Å². The number of aromatic nitrogens is 2. The minimum atomic E-state index is -3.39. The largest absolute Gasteiger partial charge is 0.347 e. The van der Waals surface area contributed by atoms with Gasteiger partial charge < -0.3 is 4.98 Å². The van der Waals surface area contributed by atoms with Gasteiger partial charge in [-0.05, 0) is 6.92 Å². The van der Waals surface area contributed by atoms with E-state index in [1.165, 1.54) is 0 Å². The van der Waals surface area contributed by atoms with Gasteiger partial charge in [0.05, 0.1) is 6.04 Å². The van der Waals surface area contributed by atoms with Gasteiger partial charge in [-0.3, -0.25) is 0 Å². The number of nitrogens with zero attached hydrogens (tertiary/aromatic N) is 1. The first-order valence-electron chi connectivity index (χ1n) is 3.60. The van der Waals surface area contributed by atoms with E-state index in [-0.39, 0.29) is 0 Å². The molecular formula is C6H10ClN3O2S. The molecule has 0 radical (unpaired) electrons. The second-order valence-electron chi connectivity index (χ2n) is 2.54. The molecule has 0 spiro atoms. The number of alkyl halides is 1. The number of imidazole rings is 1. The molecule has 1 heterocycles. The quantitative estimate of drug-likeness (QED) is 0.734. The van der Waals surface area contributed by atoms with Crippen molar-refractivity contribution in [2.75, 3.05) is 5.21 Å². The van der Waals surface area contributed by atoms with Crippen LogP contribution in [0.3, 0.4) is 0 Å². The molecule has 74 valence electrons. The number of hydrogen-bond acceptors (Lipinski definition) is 3. The molecule has 1 aromatic rings. The van der Waals surface area contributed by atoms with Crippen molar-refractivity contribution in [1.82, 2.24) is 14.7 Å². The van der Waals surface area contributed by atoms with Crippen molar-refractivity contribution in [3.05, 3.63) is 18.2 Å². The topological polar surface area (TPSA) is 74.8 Å². The lowest BCUT2D eigenvalue weighted by molar-refractivity contribution is 0.565. The van der Waals surface area contributed by atoms with Crippen LogP contribution in [0.4, 0.5) is 0 Å². The van der Waals surface area contributed by atoms with Crippen molar-refractivity contribution in [3.63, 3.8) is 0 Å². The Kier molecular flexibility index (Phi) is 3.29. The summed E-state index contributed by atoms with van der Waals surface area (Å²) in [5.41, 5.74) is 0. The molecule has 0 aromatic carbocycles. The summed E-state index contributed by atoms with van der Waals surface area (Å²) in [6.45, 7) is 1.68. The van der Waals surface area contributed by atoms with Crippen LogP contribution in [0.1, 0.15) is 18.8 Å². The van der Waals surface area contributed by atoms with E-state index < -0.39 is 21.3 Å². The van der Waals surface area contributed by atoms with E-state index in [9.17, 15) is 8.42 Å². The van der Waals surface area contributed by atoms with E-state index in [0.717, 1.165) is 0 Å². The average Bonchev–Trinajstić information content (AvgIpc) is 2.55. The van der Waals surface area contributed by atoms with Crippen LogP contribution in [0, 0.1) is 0 Å². The van der Waals surface area contributed by atoms with Gasteiger partial charge in [0.15, 0.2) is 0 Å². The fourth-order valence-corrected chi connectivity index (χ4v) is 1.77. The summed E-state index contributed by atoms with van der Waals surface area (Å²) in [5, 5.41) is -0.446. The Morgan fingerprint density at radius 2 is 2.46 bits per heavy atom. The summed E-state index contributed by atoms with van der Waals surface area (Å²) in [6, 6.07) is -0.390. The van der Waals surface area contributed by atoms with E-state index in [1.54, 1.807) is 19.3 Å². The number of sulfonamides is 1. The van der Waals surface area contributed by atoms with Crippen LogP contribution in [0.2, 0.25) is 0 Å². The Hall–Kier alpha value is -0.590.